The Kier molecular flexibility index (Phi) is 5.68. The van der Waals surface area contributed by atoms with E-state index < -0.39 is 10.0 Å². The number of benzene rings is 4. The van der Waals surface area contributed by atoms with Crippen molar-refractivity contribution in [2.75, 3.05) is 5.32 Å². The van der Waals surface area contributed by atoms with Crippen molar-refractivity contribution >= 4 is 32.4 Å². The highest BCUT2D eigenvalue weighted by Crippen LogP contribution is 2.28. The number of aryl methyl sites for hydroxylation is 1. The zero-order valence-electron chi connectivity index (χ0n) is 18.8. The highest BCUT2D eigenvalue weighted by molar-refractivity contribution is 7.89. The van der Waals surface area contributed by atoms with E-state index in [0.29, 0.717) is 33.9 Å². The molecule has 7 nitrogen and oxygen atoms in total. The normalized spacial score (nSPS) is 11.5. The molecule has 8 heteroatoms. The summed E-state index contributed by atoms with van der Waals surface area (Å²) in [6.45, 7) is 1.82. The van der Waals surface area contributed by atoms with Gasteiger partial charge in [0, 0.05) is 11.3 Å². The van der Waals surface area contributed by atoms with Crippen molar-refractivity contribution in [2.24, 2.45) is 5.14 Å². The fourth-order valence-electron chi connectivity index (χ4n) is 4.06. The fourth-order valence-corrected chi connectivity index (χ4v) is 4.82. The van der Waals surface area contributed by atoms with Crippen LogP contribution in [0.1, 0.15) is 16.2 Å². The lowest BCUT2D eigenvalue weighted by molar-refractivity contribution is 0.101. The minimum Gasteiger partial charge on any atom is -0.321 e. The Morgan fingerprint density at radius 2 is 1.54 bits per heavy atom. The number of nitrogens with two attached hydrogens (primary N) is 1. The van der Waals surface area contributed by atoms with Gasteiger partial charge in [-0.15, -0.1) is 0 Å². The molecule has 0 aliphatic rings. The quantitative estimate of drug-likeness (QED) is 0.371. The minimum atomic E-state index is -3.87. The number of hydrogen-bond acceptors (Lipinski definition) is 4. The number of rotatable bonds is 5. The van der Waals surface area contributed by atoms with Crippen molar-refractivity contribution in [2.45, 2.75) is 11.8 Å². The number of amides is 1. The summed E-state index contributed by atoms with van der Waals surface area (Å²) < 4.78 is 25.5. The highest BCUT2D eigenvalue weighted by atomic mass is 32.2. The van der Waals surface area contributed by atoms with Gasteiger partial charge in [0.15, 0.2) is 0 Å². The standard InChI is InChI=1S/C27H22N4O3S/c1-18-16-25(27(32)29-22-13-10-19-6-2-3-7-21(19)17-22)31(30-18)23-14-11-20(12-15-23)24-8-4-5-9-26(24)35(28,33)34/h2-17H,1H3,(H,29,32)(H2,28,33,34). The van der Waals surface area contributed by atoms with Crippen LogP contribution in [0.4, 0.5) is 5.69 Å². The summed E-state index contributed by atoms with van der Waals surface area (Å²) in [5.41, 5.74) is 3.62. The van der Waals surface area contributed by atoms with Gasteiger partial charge in [0.1, 0.15) is 5.69 Å². The topological polar surface area (TPSA) is 107 Å². The maximum absolute atomic E-state index is 13.1. The summed E-state index contributed by atoms with van der Waals surface area (Å²) in [6.07, 6.45) is 0. The first kappa shape index (κ1) is 22.5. The smallest absolute Gasteiger partial charge is 0.274 e. The second kappa shape index (κ2) is 8.83. The second-order valence-electron chi connectivity index (χ2n) is 8.19. The Balaban J connectivity index is 1.46. The number of fused-ring (bicyclic) bond motifs is 1. The van der Waals surface area contributed by atoms with Crippen LogP contribution in [0.25, 0.3) is 27.6 Å². The van der Waals surface area contributed by atoms with E-state index in [2.05, 4.69) is 10.4 Å². The number of carbonyl (C=O) groups excluding carboxylic acids is 1. The summed E-state index contributed by atoms with van der Waals surface area (Å²) in [6, 6.07) is 29.1. The number of nitrogens with one attached hydrogen (secondary N) is 1. The van der Waals surface area contributed by atoms with Gasteiger partial charge in [-0.2, -0.15) is 5.10 Å². The van der Waals surface area contributed by atoms with Crippen LogP contribution in [0.2, 0.25) is 0 Å². The zero-order chi connectivity index (χ0) is 24.6. The minimum absolute atomic E-state index is 0.0538. The van der Waals surface area contributed by atoms with Gasteiger partial charge >= 0.3 is 0 Å². The van der Waals surface area contributed by atoms with E-state index in [1.165, 1.54) is 6.07 Å². The molecule has 0 aliphatic carbocycles. The molecular weight excluding hydrogens is 460 g/mol. The Morgan fingerprint density at radius 3 is 2.29 bits per heavy atom. The molecule has 35 heavy (non-hydrogen) atoms. The lowest BCUT2D eigenvalue weighted by atomic mass is 10.1. The average molecular weight is 483 g/mol. The second-order valence-corrected chi connectivity index (χ2v) is 9.72. The summed E-state index contributed by atoms with van der Waals surface area (Å²) in [5.74, 6) is -0.287. The number of nitrogens with zero attached hydrogens (tertiary/aromatic N) is 2. The van der Waals surface area contributed by atoms with Crippen molar-refractivity contribution < 1.29 is 13.2 Å². The van der Waals surface area contributed by atoms with E-state index in [4.69, 9.17) is 5.14 Å². The molecule has 174 valence electrons. The van der Waals surface area contributed by atoms with Crippen LogP contribution in [0.3, 0.4) is 0 Å². The zero-order valence-corrected chi connectivity index (χ0v) is 19.7. The Labute approximate surface area is 202 Å². The molecule has 0 saturated carbocycles. The van der Waals surface area contributed by atoms with Gasteiger partial charge in [-0.3, -0.25) is 4.79 Å². The van der Waals surface area contributed by atoms with Crippen LogP contribution in [0.15, 0.2) is 102 Å². The summed E-state index contributed by atoms with van der Waals surface area (Å²) in [5, 5.41) is 15.0. The van der Waals surface area contributed by atoms with E-state index in [1.54, 1.807) is 53.2 Å². The summed E-state index contributed by atoms with van der Waals surface area (Å²) in [7, 11) is -3.87. The third kappa shape index (κ3) is 4.57. The number of anilines is 1. The molecule has 0 radical (unpaired) electrons. The van der Waals surface area contributed by atoms with Crippen LogP contribution in [-0.2, 0) is 10.0 Å². The van der Waals surface area contributed by atoms with Crippen molar-refractivity contribution in [1.29, 1.82) is 0 Å². The van der Waals surface area contributed by atoms with Gasteiger partial charge in [-0.05, 0) is 59.7 Å². The lowest BCUT2D eigenvalue weighted by Crippen LogP contribution is -2.17. The van der Waals surface area contributed by atoms with E-state index in [1.807, 2.05) is 49.4 Å². The average Bonchev–Trinajstić information content (AvgIpc) is 3.25. The highest BCUT2D eigenvalue weighted by Gasteiger charge is 2.18. The molecule has 0 unspecified atom stereocenters. The van der Waals surface area contributed by atoms with Gasteiger partial charge < -0.3 is 5.32 Å². The summed E-state index contributed by atoms with van der Waals surface area (Å²) in [4.78, 5) is 13.2. The number of primary sulfonamides is 1. The van der Waals surface area contributed by atoms with E-state index in [9.17, 15) is 13.2 Å². The van der Waals surface area contributed by atoms with Crippen molar-refractivity contribution in [3.05, 3.63) is 108 Å². The molecular formula is C27H22N4O3S. The van der Waals surface area contributed by atoms with E-state index in [0.717, 1.165) is 10.8 Å². The summed E-state index contributed by atoms with van der Waals surface area (Å²) >= 11 is 0. The van der Waals surface area contributed by atoms with Gasteiger partial charge in [-0.1, -0.05) is 60.7 Å². The Hall–Kier alpha value is -4.27. The Bertz CT molecular complexity index is 1670. The van der Waals surface area contributed by atoms with Gasteiger partial charge in [0.25, 0.3) is 5.91 Å². The lowest BCUT2D eigenvalue weighted by Gasteiger charge is -2.11. The molecule has 4 aromatic carbocycles. The molecule has 1 amide bonds. The Morgan fingerprint density at radius 1 is 0.857 bits per heavy atom. The maximum atomic E-state index is 13.1. The van der Waals surface area contributed by atoms with Crippen LogP contribution in [0, 0.1) is 6.92 Å². The third-order valence-electron chi connectivity index (χ3n) is 5.69. The molecule has 5 rings (SSSR count). The molecule has 3 N–H and O–H groups in total. The SMILES string of the molecule is Cc1cc(C(=O)Nc2ccc3ccccc3c2)n(-c2ccc(-c3ccccc3S(N)(=O)=O)cc2)n1. The van der Waals surface area contributed by atoms with Gasteiger partial charge in [0.05, 0.1) is 16.3 Å². The van der Waals surface area contributed by atoms with Gasteiger partial charge in [-0.25, -0.2) is 18.2 Å². The van der Waals surface area contributed by atoms with Crippen molar-refractivity contribution in [3.63, 3.8) is 0 Å². The molecule has 0 saturated heterocycles. The first-order chi connectivity index (χ1) is 16.8. The van der Waals surface area contributed by atoms with Crippen LogP contribution in [0.5, 0.6) is 0 Å². The molecule has 0 aliphatic heterocycles. The van der Waals surface area contributed by atoms with Crippen LogP contribution < -0.4 is 10.5 Å². The molecule has 5 aromatic rings. The maximum Gasteiger partial charge on any atom is 0.274 e. The predicted molar refractivity (Wildman–Crippen MR) is 137 cm³/mol. The van der Waals surface area contributed by atoms with Crippen LogP contribution >= 0.6 is 0 Å². The first-order valence-electron chi connectivity index (χ1n) is 10.9. The molecule has 1 heterocycles. The molecule has 0 fully saturated rings. The molecule has 0 atom stereocenters. The van der Waals surface area contributed by atoms with E-state index in [-0.39, 0.29) is 10.8 Å². The molecule has 0 spiro atoms. The monoisotopic (exact) mass is 482 g/mol. The third-order valence-corrected chi connectivity index (χ3v) is 6.66. The van der Waals surface area contributed by atoms with Crippen molar-refractivity contribution in [3.8, 4) is 16.8 Å². The van der Waals surface area contributed by atoms with Gasteiger partial charge in [0.2, 0.25) is 10.0 Å². The molecule has 1 aromatic heterocycles. The van der Waals surface area contributed by atoms with Crippen LogP contribution in [-0.4, -0.2) is 24.1 Å². The van der Waals surface area contributed by atoms with Crippen molar-refractivity contribution in [1.82, 2.24) is 9.78 Å². The predicted octanol–water partition coefficient (Wildman–Crippen LogP) is 4.90. The molecule has 0 bridgehead atoms. The number of aromatic nitrogens is 2. The number of carbonyl (C=O) groups is 1. The van der Waals surface area contributed by atoms with E-state index >= 15 is 0 Å². The first-order valence-corrected chi connectivity index (χ1v) is 12.4. The number of hydrogen-bond donors (Lipinski definition) is 2. The number of sulfonamides is 1. The fraction of sp³-hybridized carbons (Fsp3) is 0.0370. The largest absolute Gasteiger partial charge is 0.321 e.